The molecule has 1 aliphatic carbocycles. The molecule has 4 nitrogen and oxygen atoms in total. The molecule has 0 radical (unpaired) electrons. The molecule has 24 heavy (non-hydrogen) atoms. The average Bonchev–Trinajstić information content (AvgIpc) is 3.31. The van der Waals surface area contributed by atoms with E-state index in [1.165, 1.54) is 25.7 Å². The Morgan fingerprint density at radius 3 is 2.33 bits per heavy atom. The summed E-state index contributed by atoms with van der Waals surface area (Å²) in [5.41, 5.74) is 0.866. The molecule has 2 atom stereocenters. The first-order valence-corrected chi connectivity index (χ1v) is 9.03. The molecule has 3 fully saturated rings. The molecule has 2 unspecified atom stereocenters. The summed E-state index contributed by atoms with van der Waals surface area (Å²) < 4.78 is 5.72. The molecule has 132 valence electrons. The van der Waals surface area contributed by atoms with Crippen molar-refractivity contribution in [1.82, 2.24) is 5.32 Å². The van der Waals surface area contributed by atoms with Gasteiger partial charge in [-0.15, -0.1) is 12.4 Å². The molecule has 1 amide bonds. The Kier molecular flexibility index (Phi) is 5.67. The van der Waals surface area contributed by atoms with E-state index < -0.39 is 0 Å². The van der Waals surface area contributed by atoms with Gasteiger partial charge >= 0.3 is 0 Å². The molecule has 2 saturated heterocycles. The van der Waals surface area contributed by atoms with Gasteiger partial charge in [0.15, 0.2) is 0 Å². The summed E-state index contributed by atoms with van der Waals surface area (Å²) in [5.74, 6) is 2.33. The number of halogens is 1. The minimum absolute atomic E-state index is 0. The van der Waals surface area contributed by atoms with Crippen LogP contribution in [0.25, 0.3) is 0 Å². The number of ether oxygens (including phenoxy) is 1. The Hall–Kier alpha value is -1.26. The van der Waals surface area contributed by atoms with Gasteiger partial charge in [0, 0.05) is 24.2 Å². The third-order valence-corrected chi connectivity index (χ3v) is 5.37. The molecule has 2 aliphatic heterocycles. The first-order valence-electron chi connectivity index (χ1n) is 9.03. The second-order valence-electron chi connectivity index (χ2n) is 7.51. The number of hydrogen-bond donors (Lipinski definition) is 2. The lowest BCUT2D eigenvalue weighted by Gasteiger charge is -2.28. The second kappa shape index (κ2) is 7.75. The van der Waals surface area contributed by atoms with E-state index in [0.717, 1.165) is 36.8 Å². The predicted octanol–water partition coefficient (Wildman–Crippen LogP) is 3.76. The number of piperidine rings is 1. The fourth-order valence-corrected chi connectivity index (χ4v) is 3.95. The van der Waals surface area contributed by atoms with E-state index >= 15 is 0 Å². The zero-order valence-electron chi connectivity index (χ0n) is 14.0. The molecule has 2 heterocycles. The van der Waals surface area contributed by atoms with Crippen molar-refractivity contribution in [3.05, 3.63) is 24.3 Å². The zero-order valence-corrected chi connectivity index (χ0v) is 14.8. The van der Waals surface area contributed by atoms with Crippen molar-refractivity contribution in [2.75, 3.05) is 11.9 Å². The first kappa shape index (κ1) is 17.6. The fraction of sp³-hybridized carbons (Fsp3) is 0.632. The van der Waals surface area contributed by atoms with Gasteiger partial charge in [-0.25, -0.2) is 0 Å². The van der Waals surface area contributed by atoms with E-state index in [9.17, 15) is 4.79 Å². The van der Waals surface area contributed by atoms with E-state index in [2.05, 4.69) is 10.6 Å². The van der Waals surface area contributed by atoms with E-state index in [4.69, 9.17) is 4.74 Å². The van der Waals surface area contributed by atoms with Crippen molar-refractivity contribution in [2.24, 2.45) is 11.8 Å². The van der Waals surface area contributed by atoms with Gasteiger partial charge in [0.25, 0.3) is 0 Å². The van der Waals surface area contributed by atoms with E-state index in [1.54, 1.807) is 0 Å². The van der Waals surface area contributed by atoms with Gasteiger partial charge in [-0.1, -0.05) is 0 Å². The van der Waals surface area contributed by atoms with Gasteiger partial charge in [0.2, 0.25) is 5.91 Å². The number of carbonyl (C=O) groups is 1. The van der Waals surface area contributed by atoms with Crippen LogP contribution in [0.3, 0.4) is 0 Å². The van der Waals surface area contributed by atoms with Crippen molar-refractivity contribution in [2.45, 2.75) is 57.0 Å². The van der Waals surface area contributed by atoms with Crippen LogP contribution < -0.4 is 15.4 Å². The highest BCUT2D eigenvalue weighted by Crippen LogP contribution is 2.33. The van der Waals surface area contributed by atoms with Crippen molar-refractivity contribution in [3.63, 3.8) is 0 Å². The van der Waals surface area contributed by atoms with Gasteiger partial charge in [-0.2, -0.15) is 0 Å². The molecule has 0 aromatic heterocycles. The van der Waals surface area contributed by atoms with Gasteiger partial charge < -0.3 is 15.4 Å². The average molecular weight is 351 g/mol. The molecule has 1 saturated carbocycles. The minimum atomic E-state index is 0. The molecule has 5 heteroatoms. The summed E-state index contributed by atoms with van der Waals surface area (Å²) in [7, 11) is 0. The number of carbonyl (C=O) groups excluding carboxylic acids is 1. The Morgan fingerprint density at radius 2 is 1.71 bits per heavy atom. The topological polar surface area (TPSA) is 50.4 Å². The summed E-state index contributed by atoms with van der Waals surface area (Å²) >= 11 is 0. The summed E-state index contributed by atoms with van der Waals surface area (Å²) in [4.78, 5) is 12.3. The Balaban J connectivity index is 0.00000169. The molecular weight excluding hydrogens is 324 g/mol. The van der Waals surface area contributed by atoms with E-state index in [-0.39, 0.29) is 18.3 Å². The Labute approximate surface area is 150 Å². The minimum Gasteiger partial charge on any atom is -0.493 e. The smallest absolute Gasteiger partial charge is 0.224 e. The number of benzene rings is 1. The van der Waals surface area contributed by atoms with Gasteiger partial charge in [0.1, 0.15) is 5.75 Å². The molecule has 4 rings (SSSR count). The lowest BCUT2D eigenvalue weighted by molar-refractivity contribution is -0.117. The Bertz CT molecular complexity index is 547. The molecule has 0 spiro atoms. The summed E-state index contributed by atoms with van der Waals surface area (Å²) in [6, 6.07) is 9.06. The highest BCUT2D eigenvalue weighted by atomic mass is 35.5. The highest BCUT2D eigenvalue weighted by Gasteiger charge is 2.34. The standard InChI is InChI=1S/C19H26N2O2.ClH/c22-19(11-14-9-16-3-4-17(10-14)20-16)21-15-5-7-18(8-6-15)23-12-13-1-2-13;/h5-8,13-14,16-17,20H,1-4,9-12H2,(H,21,22);1H. The maximum Gasteiger partial charge on any atom is 0.224 e. The molecule has 1 aromatic carbocycles. The summed E-state index contributed by atoms with van der Waals surface area (Å²) in [6.07, 6.45) is 8.11. The number of hydrogen-bond acceptors (Lipinski definition) is 3. The van der Waals surface area contributed by atoms with Crippen molar-refractivity contribution in [3.8, 4) is 5.75 Å². The number of rotatable bonds is 6. The van der Waals surface area contributed by atoms with E-state index in [0.29, 0.717) is 24.4 Å². The first-order chi connectivity index (χ1) is 11.2. The van der Waals surface area contributed by atoms with Crippen molar-refractivity contribution in [1.29, 1.82) is 0 Å². The number of fused-ring (bicyclic) bond motifs is 2. The van der Waals surface area contributed by atoms with Crippen molar-refractivity contribution >= 4 is 24.0 Å². The van der Waals surface area contributed by atoms with Crippen LogP contribution in [0.1, 0.15) is 44.9 Å². The normalized spacial score (nSPS) is 28.1. The highest BCUT2D eigenvalue weighted by molar-refractivity contribution is 5.90. The van der Waals surface area contributed by atoms with Crippen LogP contribution in [0.2, 0.25) is 0 Å². The lowest BCUT2D eigenvalue weighted by atomic mass is 9.89. The monoisotopic (exact) mass is 350 g/mol. The van der Waals surface area contributed by atoms with Crippen LogP contribution in [-0.4, -0.2) is 24.6 Å². The molecule has 2 N–H and O–H groups in total. The largest absolute Gasteiger partial charge is 0.493 e. The van der Waals surface area contributed by atoms with Gasteiger partial charge in [0.05, 0.1) is 6.61 Å². The third kappa shape index (κ3) is 4.64. The zero-order chi connectivity index (χ0) is 15.6. The number of amides is 1. The van der Waals surface area contributed by atoms with Crippen LogP contribution in [0.4, 0.5) is 5.69 Å². The molecular formula is C19H27ClN2O2. The predicted molar refractivity (Wildman–Crippen MR) is 97.8 cm³/mol. The fourth-order valence-electron chi connectivity index (χ4n) is 3.95. The number of nitrogens with one attached hydrogen (secondary N) is 2. The maximum absolute atomic E-state index is 12.3. The summed E-state index contributed by atoms with van der Waals surface area (Å²) in [6.45, 7) is 0.823. The molecule has 2 bridgehead atoms. The number of anilines is 1. The lowest BCUT2D eigenvalue weighted by Crippen LogP contribution is -2.39. The molecule has 1 aromatic rings. The van der Waals surface area contributed by atoms with Gasteiger partial charge in [-0.3, -0.25) is 4.79 Å². The third-order valence-electron chi connectivity index (χ3n) is 5.37. The van der Waals surface area contributed by atoms with Crippen LogP contribution in [0, 0.1) is 11.8 Å². The maximum atomic E-state index is 12.3. The Morgan fingerprint density at radius 1 is 1.04 bits per heavy atom. The van der Waals surface area contributed by atoms with Gasteiger partial charge in [-0.05, 0) is 74.6 Å². The molecule has 3 aliphatic rings. The van der Waals surface area contributed by atoms with Crippen LogP contribution in [-0.2, 0) is 4.79 Å². The quantitative estimate of drug-likeness (QED) is 0.821. The van der Waals surface area contributed by atoms with Crippen LogP contribution in [0.5, 0.6) is 5.75 Å². The second-order valence-corrected chi connectivity index (χ2v) is 7.51. The van der Waals surface area contributed by atoms with E-state index in [1.807, 2.05) is 24.3 Å². The summed E-state index contributed by atoms with van der Waals surface area (Å²) in [5, 5.41) is 6.66. The SMILES string of the molecule is Cl.O=C(CC1CC2CCC(C1)N2)Nc1ccc(OCC2CC2)cc1. The van der Waals surface area contributed by atoms with Crippen molar-refractivity contribution < 1.29 is 9.53 Å². The van der Waals surface area contributed by atoms with Crippen LogP contribution in [0.15, 0.2) is 24.3 Å². The van der Waals surface area contributed by atoms with Crippen LogP contribution >= 0.6 is 12.4 Å².